The number of nitrogens with one attached hydrogen (secondary N) is 1. The lowest BCUT2D eigenvalue weighted by Crippen LogP contribution is -2.07. The molecule has 0 saturated heterocycles. The third-order valence-electron chi connectivity index (χ3n) is 2.79. The first-order valence-electron chi connectivity index (χ1n) is 6.14. The van der Waals surface area contributed by atoms with Crippen molar-refractivity contribution in [2.24, 2.45) is 0 Å². The monoisotopic (exact) mass is 357 g/mol. The van der Waals surface area contributed by atoms with Crippen molar-refractivity contribution in [3.63, 3.8) is 0 Å². The van der Waals surface area contributed by atoms with Gasteiger partial charge in [-0.15, -0.1) is 11.3 Å². The summed E-state index contributed by atoms with van der Waals surface area (Å²) >= 11 is 11.3. The van der Waals surface area contributed by atoms with E-state index in [1.165, 1.54) is 9.75 Å². The summed E-state index contributed by atoms with van der Waals surface area (Å²) in [6.07, 6.45) is 0. The Balaban J connectivity index is 2.04. The fourth-order valence-corrected chi connectivity index (χ4v) is 3.52. The van der Waals surface area contributed by atoms with Crippen molar-refractivity contribution >= 4 is 44.6 Å². The van der Waals surface area contributed by atoms with Crippen molar-refractivity contribution in [1.29, 1.82) is 0 Å². The normalized spacial score (nSPS) is 11.6. The van der Waals surface area contributed by atoms with E-state index < -0.39 is 0 Å². The van der Waals surface area contributed by atoms with Crippen LogP contribution in [0, 0.1) is 0 Å². The first kappa shape index (κ1) is 14.9. The van der Waals surface area contributed by atoms with Crippen molar-refractivity contribution < 1.29 is 0 Å². The van der Waals surface area contributed by atoms with Gasteiger partial charge in [0.25, 0.3) is 0 Å². The Morgan fingerprint density at radius 1 is 1.21 bits per heavy atom. The van der Waals surface area contributed by atoms with Crippen molar-refractivity contribution in [2.75, 3.05) is 5.32 Å². The predicted octanol–water partition coefficient (Wildman–Crippen LogP) is 6.07. The van der Waals surface area contributed by atoms with Crippen LogP contribution in [0.4, 0.5) is 5.69 Å². The summed E-state index contributed by atoms with van der Waals surface area (Å²) in [5.41, 5.74) is 1.29. The second kappa shape index (κ2) is 5.86. The van der Waals surface area contributed by atoms with Crippen molar-refractivity contribution in [1.82, 2.24) is 0 Å². The van der Waals surface area contributed by atoms with Crippen molar-refractivity contribution in [3.8, 4) is 0 Å². The predicted molar refractivity (Wildman–Crippen MR) is 89.5 cm³/mol. The van der Waals surface area contributed by atoms with Crippen LogP contribution in [0.5, 0.6) is 0 Å². The molecule has 0 saturated carbocycles. The highest BCUT2D eigenvalue weighted by atomic mass is 79.9. The molecule has 0 aliphatic rings. The Labute approximate surface area is 132 Å². The van der Waals surface area contributed by atoms with Gasteiger partial charge in [-0.05, 0) is 51.7 Å². The van der Waals surface area contributed by atoms with Crippen LogP contribution >= 0.6 is 38.9 Å². The zero-order chi connectivity index (χ0) is 14.0. The molecule has 19 heavy (non-hydrogen) atoms. The molecule has 1 nitrogen and oxygen atoms in total. The fourth-order valence-electron chi connectivity index (χ4n) is 1.69. The molecule has 1 N–H and O–H groups in total. The maximum atomic E-state index is 5.93. The van der Waals surface area contributed by atoms with Crippen LogP contribution in [0.15, 0.2) is 34.8 Å². The molecule has 0 unspecified atom stereocenters. The number of hydrogen-bond acceptors (Lipinski definition) is 2. The summed E-state index contributed by atoms with van der Waals surface area (Å²) in [6, 6.07) is 10.2. The number of anilines is 1. The third kappa shape index (κ3) is 3.98. The molecular weight excluding hydrogens is 342 g/mol. The van der Waals surface area contributed by atoms with Crippen molar-refractivity contribution in [3.05, 3.63) is 49.6 Å². The number of rotatable bonds is 3. The highest BCUT2D eigenvalue weighted by molar-refractivity contribution is 9.10. The van der Waals surface area contributed by atoms with E-state index >= 15 is 0 Å². The molecule has 0 spiro atoms. The minimum Gasteiger partial charge on any atom is -0.379 e. The van der Waals surface area contributed by atoms with Crippen LogP contribution in [0.3, 0.4) is 0 Å². The van der Waals surface area contributed by atoms with Crippen LogP contribution in [0.1, 0.15) is 30.5 Å². The lowest BCUT2D eigenvalue weighted by Gasteiger charge is -2.15. The van der Waals surface area contributed by atoms with Crippen molar-refractivity contribution in [2.45, 2.75) is 32.7 Å². The van der Waals surface area contributed by atoms with E-state index in [1.807, 2.05) is 29.5 Å². The summed E-state index contributed by atoms with van der Waals surface area (Å²) in [5, 5.41) is 4.17. The van der Waals surface area contributed by atoms with Gasteiger partial charge in [-0.1, -0.05) is 32.4 Å². The lowest BCUT2D eigenvalue weighted by molar-refractivity contribution is 0.604. The van der Waals surface area contributed by atoms with Crippen LogP contribution in [0.2, 0.25) is 5.02 Å². The quantitative estimate of drug-likeness (QED) is 0.701. The van der Waals surface area contributed by atoms with Crippen LogP contribution < -0.4 is 5.32 Å². The first-order chi connectivity index (χ1) is 8.86. The zero-order valence-electron chi connectivity index (χ0n) is 11.3. The molecule has 0 bridgehead atoms. The molecule has 4 heteroatoms. The first-order valence-corrected chi connectivity index (χ1v) is 8.13. The largest absolute Gasteiger partial charge is 0.379 e. The molecular formula is C15H17BrClNS. The Morgan fingerprint density at radius 2 is 1.95 bits per heavy atom. The molecule has 0 fully saturated rings. The average Bonchev–Trinajstić information content (AvgIpc) is 2.76. The molecule has 1 aromatic heterocycles. The Hall–Kier alpha value is -0.510. The molecule has 0 radical (unpaired) electrons. The molecule has 1 aromatic carbocycles. The van der Waals surface area contributed by atoms with E-state index in [0.717, 1.165) is 21.7 Å². The molecule has 2 aromatic rings. The Morgan fingerprint density at radius 3 is 2.53 bits per heavy atom. The van der Waals surface area contributed by atoms with E-state index in [2.05, 4.69) is 54.2 Å². The number of thiophene rings is 1. The average molecular weight is 359 g/mol. The third-order valence-corrected chi connectivity index (χ3v) is 5.19. The van der Waals surface area contributed by atoms with Gasteiger partial charge >= 0.3 is 0 Å². The second-order valence-electron chi connectivity index (χ2n) is 5.49. The standard InChI is InChI=1S/C15H17BrClNS/c1-15(2,3)14-7-5-11(19-14)9-18-13-6-4-10(17)8-12(13)16/h4-8,18H,9H2,1-3H3. The van der Waals surface area contributed by atoms with Crippen LogP contribution in [0.25, 0.3) is 0 Å². The SMILES string of the molecule is CC(C)(C)c1ccc(CNc2ccc(Cl)cc2Br)s1. The van der Waals surface area contributed by atoms with Gasteiger partial charge < -0.3 is 5.32 Å². The summed E-state index contributed by atoms with van der Waals surface area (Å²) in [6.45, 7) is 7.56. The molecule has 1 heterocycles. The summed E-state index contributed by atoms with van der Waals surface area (Å²) in [5.74, 6) is 0. The fraction of sp³-hybridized carbons (Fsp3) is 0.333. The Bertz CT molecular complexity index is 572. The summed E-state index contributed by atoms with van der Waals surface area (Å²) in [4.78, 5) is 2.76. The molecule has 2 rings (SSSR count). The molecule has 0 aliphatic heterocycles. The highest BCUT2D eigenvalue weighted by Crippen LogP contribution is 2.31. The van der Waals surface area contributed by atoms with Gasteiger partial charge in [0.05, 0.1) is 0 Å². The van der Waals surface area contributed by atoms with Crippen LogP contribution in [-0.2, 0) is 12.0 Å². The molecule has 0 amide bonds. The molecule has 0 aliphatic carbocycles. The number of hydrogen-bond donors (Lipinski definition) is 1. The van der Waals surface area contributed by atoms with E-state index in [-0.39, 0.29) is 5.41 Å². The van der Waals surface area contributed by atoms with Gasteiger partial charge in [0.15, 0.2) is 0 Å². The summed E-state index contributed by atoms with van der Waals surface area (Å²) < 4.78 is 0.993. The summed E-state index contributed by atoms with van der Waals surface area (Å²) in [7, 11) is 0. The molecule has 102 valence electrons. The van der Waals surface area contributed by atoms with Gasteiger partial charge in [-0.2, -0.15) is 0 Å². The van der Waals surface area contributed by atoms with E-state index in [9.17, 15) is 0 Å². The Kier molecular flexibility index (Phi) is 4.59. The van der Waals surface area contributed by atoms with Gasteiger partial charge in [-0.25, -0.2) is 0 Å². The number of benzene rings is 1. The van der Waals surface area contributed by atoms with E-state index in [4.69, 9.17) is 11.6 Å². The van der Waals surface area contributed by atoms with Gasteiger partial charge in [0.1, 0.15) is 0 Å². The van der Waals surface area contributed by atoms with Gasteiger partial charge in [-0.3, -0.25) is 0 Å². The van der Waals surface area contributed by atoms with E-state index in [1.54, 1.807) is 0 Å². The smallest absolute Gasteiger partial charge is 0.0494 e. The van der Waals surface area contributed by atoms with Crippen LogP contribution in [-0.4, -0.2) is 0 Å². The topological polar surface area (TPSA) is 12.0 Å². The minimum absolute atomic E-state index is 0.226. The number of halogens is 2. The lowest BCUT2D eigenvalue weighted by atomic mass is 9.95. The van der Waals surface area contributed by atoms with E-state index in [0.29, 0.717) is 0 Å². The maximum absolute atomic E-state index is 5.93. The zero-order valence-corrected chi connectivity index (χ0v) is 14.4. The minimum atomic E-state index is 0.226. The molecule has 0 atom stereocenters. The second-order valence-corrected chi connectivity index (χ2v) is 7.95. The van der Waals surface area contributed by atoms with Gasteiger partial charge in [0, 0.05) is 31.5 Å². The van der Waals surface area contributed by atoms with Gasteiger partial charge in [0.2, 0.25) is 0 Å². The highest BCUT2D eigenvalue weighted by Gasteiger charge is 2.15. The maximum Gasteiger partial charge on any atom is 0.0494 e.